The molecule has 2 atom stereocenters. The molecule has 2 fully saturated rings. The number of nitrogens with one attached hydrogen (secondary N) is 1. The lowest BCUT2D eigenvalue weighted by Crippen LogP contribution is -2.39. The van der Waals surface area contributed by atoms with Gasteiger partial charge < -0.3 is 9.84 Å². The molecule has 2 saturated carbocycles. The summed E-state index contributed by atoms with van der Waals surface area (Å²) in [6.45, 7) is 1.88. The first-order valence-electron chi connectivity index (χ1n) is 11.0. The molecule has 2 aromatic carbocycles. The Morgan fingerprint density at radius 1 is 1.15 bits per heavy atom. The fourth-order valence-electron chi connectivity index (χ4n) is 4.94. The van der Waals surface area contributed by atoms with Gasteiger partial charge in [0.1, 0.15) is 5.75 Å². The van der Waals surface area contributed by atoms with Crippen LogP contribution in [0.25, 0.3) is 10.9 Å². The van der Waals surface area contributed by atoms with Crippen LogP contribution in [-0.4, -0.2) is 37.5 Å². The quantitative estimate of drug-likeness (QED) is 0.533. The number of rotatable bonds is 7. The fourth-order valence-corrected chi connectivity index (χ4v) is 6.20. The Morgan fingerprint density at radius 3 is 2.50 bits per heavy atom. The van der Waals surface area contributed by atoms with Gasteiger partial charge in [0.15, 0.2) is 0 Å². The van der Waals surface area contributed by atoms with Crippen LogP contribution in [0.2, 0.25) is 0 Å². The van der Waals surface area contributed by atoms with E-state index in [0.717, 1.165) is 0 Å². The molecule has 2 aliphatic carbocycles. The van der Waals surface area contributed by atoms with Crippen LogP contribution in [0.15, 0.2) is 59.6 Å². The average Bonchev–Trinajstić information content (AvgIpc) is 3.74. The molecular weight excluding hydrogens is 456 g/mol. The Bertz CT molecular complexity index is 1440. The number of carboxylic acid groups (broad SMARTS) is 1. The summed E-state index contributed by atoms with van der Waals surface area (Å²) in [5.74, 6) is -1.16. The minimum absolute atomic E-state index is 0.0281. The van der Waals surface area contributed by atoms with Crippen molar-refractivity contribution in [2.45, 2.75) is 41.9 Å². The predicted octanol–water partition coefficient (Wildman–Crippen LogP) is 3.14. The summed E-state index contributed by atoms with van der Waals surface area (Å²) in [6, 6.07) is 13.1. The van der Waals surface area contributed by atoms with Gasteiger partial charge in [-0.15, -0.1) is 0 Å². The van der Waals surface area contributed by atoms with Crippen LogP contribution in [0.4, 0.5) is 0 Å². The van der Waals surface area contributed by atoms with Crippen molar-refractivity contribution in [2.75, 3.05) is 7.11 Å². The van der Waals surface area contributed by atoms with E-state index in [1.54, 1.807) is 48.7 Å². The van der Waals surface area contributed by atoms with E-state index >= 15 is 0 Å². The van der Waals surface area contributed by atoms with Gasteiger partial charge in [0.05, 0.1) is 28.4 Å². The van der Waals surface area contributed by atoms with E-state index in [9.17, 15) is 23.1 Å². The van der Waals surface area contributed by atoms with Crippen LogP contribution in [0, 0.1) is 5.92 Å². The van der Waals surface area contributed by atoms with Gasteiger partial charge in [-0.25, -0.2) is 13.1 Å². The lowest BCUT2D eigenvalue weighted by atomic mass is 9.86. The van der Waals surface area contributed by atoms with Crippen molar-refractivity contribution in [2.24, 2.45) is 5.92 Å². The molecular formula is C25H24N2O6S. The first-order valence-corrected chi connectivity index (χ1v) is 12.5. The number of carboxylic acids is 1. The van der Waals surface area contributed by atoms with Crippen LogP contribution in [0.5, 0.6) is 5.75 Å². The zero-order valence-corrected chi connectivity index (χ0v) is 19.6. The van der Waals surface area contributed by atoms with Crippen molar-refractivity contribution in [1.29, 1.82) is 0 Å². The lowest BCUT2D eigenvalue weighted by Gasteiger charge is -2.21. The minimum atomic E-state index is -4.18. The molecule has 2 N–H and O–H groups in total. The molecule has 9 heteroatoms. The second kappa shape index (κ2) is 7.53. The van der Waals surface area contributed by atoms with Crippen LogP contribution >= 0.6 is 0 Å². The number of hydrogen-bond donors (Lipinski definition) is 2. The molecule has 176 valence electrons. The zero-order chi connectivity index (χ0) is 24.3. The molecule has 1 heterocycles. The number of carbonyl (C=O) groups excluding carboxylic acids is 1. The summed E-state index contributed by atoms with van der Waals surface area (Å²) in [4.78, 5) is 29.6. The van der Waals surface area contributed by atoms with E-state index in [4.69, 9.17) is 4.74 Å². The number of sulfonamides is 1. The van der Waals surface area contributed by atoms with Crippen molar-refractivity contribution in [1.82, 2.24) is 9.71 Å². The Kier molecular flexibility index (Phi) is 4.95. The Hall–Kier alpha value is -3.46. The van der Waals surface area contributed by atoms with Crippen molar-refractivity contribution in [3.8, 4) is 5.75 Å². The molecule has 2 aliphatic rings. The molecule has 0 aliphatic heterocycles. The third-order valence-electron chi connectivity index (χ3n) is 7.23. The maximum atomic E-state index is 13.4. The molecule has 0 bridgehead atoms. The predicted molar refractivity (Wildman–Crippen MR) is 124 cm³/mol. The number of benzene rings is 2. The van der Waals surface area contributed by atoms with Gasteiger partial charge in [-0.1, -0.05) is 19.1 Å². The van der Waals surface area contributed by atoms with Crippen molar-refractivity contribution < 1.29 is 27.9 Å². The SMILES string of the molecule is COc1ccc(C2(C(=O)O)CC2C)cc1C1(C(=O)NS(=O)(=O)c2cccc3ncccc23)CC1. The summed E-state index contributed by atoms with van der Waals surface area (Å²) in [5, 5.41) is 10.3. The number of pyridine rings is 1. The first-order chi connectivity index (χ1) is 16.2. The standard InChI is InChI=1S/C25H24N2O6S/c1-15-14-25(15,23(29)30)16-8-9-20(33-2)18(13-16)24(10-11-24)22(28)27-34(31,32)21-7-3-6-19-17(21)5-4-12-26-19/h3-9,12-13,15H,10-11,14H2,1-2H3,(H,27,28)(H,29,30). The smallest absolute Gasteiger partial charge is 0.314 e. The van der Waals surface area contributed by atoms with Crippen molar-refractivity contribution >= 4 is 32.8 Å². The highest BCUT2D eigenvalue weighted by molar-refractivity contribution is 7.90. The van der Waals surface area contributed by atoms with Gasteiger partial charge in [-0.05, 0) is 67.1 Å². The summed E-state index contributed by atoms with van der Waals surface area (Å²) < 4.78 is 34.2. The minimum Gasteiger partial charge on any atom is -0.496 e. The number of fused-ring (bicyclic) bond motifs is 1. The number of ether oxygens (including phenoxy) is 1. The van der Waals surface area contributed by atoms with Crippen molar-refractivity contribution in [3.63, 3.8) is 0 Å². The fraction of sp³-hybridized carbons (Fsp3) is 0.320. The summed E-state index contributed by atoms with van der Waals surface area (Å²) in [5.41, 5.74) is -0.472. The molecule has 0 saturated heterocycles. The third kappa shape index (κ3) is 3.26. The highest BCUT2D eigenvalue weighted by Crippen LogP contribution is 2.57. The highest BCUT2D eigenvalue weighted by atomic mass is 32.2. The average molecular weight is 481 g/mol. The number of aliphatic carboxylic acids is 1. The van der Waals surface area contributed by atoms with Gasteiger partial charge in [0.2, 0.25) is 5.91 Å². The van der Waals surface area contributed by atoms with Crippen LogP contribution in [0.1, 0.15) is 37.3 Å². The number of hydrogen-bond acceptors (Lipinski definition) is 6. The molecule has 3 aromatic rings. The third-order valence-corrected chi connectivity index (χ3v) is 8.62. The molecule has 5 rings (SSSR count). The lowest BCUT2D eigenvalue weighted by molar-refractivity contribution is -0.140. The molecule has 2 unspecified atom stereocenters. The topological polar surface area (TPSA) is 123 Å². The second-order valence-electron chi connectivity index (χ2n) is 9.14. The number of nitrogens with zero attached hydrogens (tertiary/aromatic N) is 1. The largest absolute Gasteiger partial charge is 0.496 e. The van der Waals surface area contributed by atoms with Gasteiger partial charge in [-0.3, -0.25) is 14.6 Å². The summed E-state index contributed by atoms with van der Waals surface area (Å²) in [6.07, 6.45) is 2.94. The van der Waals surface area contributed by atoms with Crippen LogP contribution in [0.3, 0.4) is 0 Å². The molecule has 34 heavy (non-hydrogen) atoms. The number of methoxy groups -OCH3 is 1. The van der Waals surface area contributed by atoms with Crippen molar-refractivity contribution in [3.05, 3.63) is 65.9 Å². The Morgan fingerprint density at radius 2 is 1.88 bits per heavy atom. The molecule has 1 amide bonds. The van der Waals surface area contributed by atoms with E-state index in [1.165, 1.54) is 13.2 Å². The van der Waals surface area contributed by atoms with Gasteiger partial charge in [-0.2, -0.15) is 0 Å². The molecule has 0 radical (unpaired) electrons. The van der Waals surface area contributed by atoms with Crippen LogP contribution < -0.4 is 9.46 Å². The van der Waals surface area contributed by atoms with E-state index < -0.39 is 32.7 Å². The van der Waals surface area contributed by atoms with E-state index in [1.807, 2.05) is 6.92 Å². The molecule has 1 aromatic heterocycles. The highest BCUT2D eigenvalue weighted by Gasteiger charge is 2.60. The molecule has 0 spiro atoms. The van der Waals surface area contributed by atoms with Gasteiger partial charge >= 0.3 is 5.97 Å². The molecule has 8 nitrogen and oxygen atoms in total. The first kappa shape index (κ1) is 22.3. The monoisotopic (exact) mass is 480 g/mol. The normalized spacial score (nSPS) is 22.7. The van der Waals surface area contributed by atoms with E-state index in [-0.39, 0.29) is 10.8 Å². The van der Waals surface area contributed by atoms with Crippen LogP contribution in [-0.2, 0) is 30.4 Å². The Balaban J connectivity index is 1.52. The van der Waals surface area contributed by atoms with E-state index in [2.05, 4.69) is 9.71 Å². The summed E-state index contributed by atoms with van der Waals surface area (Å²) >= 11 is 0. The van der Waals surface area contributed by atoms with E-state index in [0.29, 0.717) is 47.0 Å². The maximum Gasteiger partial charge on any atom is 0.314 e. The maximum absolute atomic E-state index is 13.4. The van der Waals surface area contributed by atoms with Gasteiger partial charge in [0.25, 0.3) is 10.0 Å². The van der Waals surface area contributed by atoms with Gasteiger partial charge in [0, 0.05) is 17.1 Å². The zero-order valence-electron chi connectivity index (χ0n) is 18.7. The summed E-state index contributed by atoms with van der Waals surface area (Å²) in [7, 11) is -2.71. The number of carbonyl (C=O) groups is 2. The number of amides is 1. The number of aromatic nitrogens is 1. The Labute approximate surface area is 197 Å². The second-order valence-corrected chi connectivity index (χ2v) is 10.8.